The number of aromatic nitrogens is 1. The highest BCUT2D eigenvalue weighted by Crippen LogP contribution is 2.41. The summed E-state index contributed by atoms with van der Waals surface area (Å²) in [5.74, 6) is 0.546. The average molecular weight is 397 g/mol. The number of rotatable bonds is 10. The van der Waals surface area contributed by atoms with Gasteiger partial charge < -0.3 is 4.43 Å². The summed E-state index contributed by atoms with van der Waals surface area (Å²) in [4.78, 5) is 4.89. The molecule has 2 rings (SSSR count). The Kier molecular flexibility index (Phi) is 8.26. The Bertz CT molecular complexity index is 748. The molecule has 0 N–H and O–H groups in total. The summed E-state index contributed by atoms with van der Waals surface area (Å²) in [6.45, 7) is 13.5. The molecule has 0 fully saturated rings. The number of aryl methyl sites for hydroxylation is 1. The van der Waals surface area contributed by atoms with Crippen LogP contribution in [-0.2, 0) is 4.43 Å². The van der Waals surface area contributed by atoms with Crippen LogP contribution in [0.15, 0.2) is 30.3 Å². The van der Waals surface area contributed by atoms with E-state index in [4.69, 9.17) is 9.41 Å². The third kappa shape index (κ3) is 6.70. The Balaban J connectivity index is 1.94. The van der Waals surface area contributed by atoms with Crippen molar-refractivity contribution in [1.29, 1.82) is 0 Å². The summed E-state index contributed by atoms with van der Waals surface area (Å²) in [7, 11) is 3.19. The van der Waals surface area contributed by atoms with Crippen LogP contribution in [0, 0.1) is 12.3 Å². The van der Waals surface area contributed by atoms with Gasteiger partial charge in [0.05, 0.1) is 5.52 Å². The number of para-hydroxylation sites is 1. The summed E-state index contributed by atoms with van der Waals surface area (Å²) in [6, 6.07) is 10.9. The molecule has 0 aliphatic carbocycles. The lowest BCUT2D eigenvalue weighted by molar-refractivity contribution is 0.109. The molecule has 0 bridgehead atoms. The van der Waals surface area contributed by atoms with Crippen molar-refractivity contribution in [2.24, 2.45) is 5.41 Å². The van der Waals surface area contributed by atoms with E-state index in [0.29, 0.717) is 5.92 Å². The number of unbranched alkanes of at least 4 members (excludes halogenated alkanes) is 4. The first-order valence-electron chi connectivity index (χ1n) is 10.8. The van der Waals surface area contributed by atoms with Gasteiger partial charge in [-0.05, 0) is 62.6 Å². The fourth-order valence-corrected chi connectivity index (χ4v) is 4.22. The smallest absolute Gasteiger partial charge is 0.246 e. The number of benzene rings is 1. The number of hydrogen-bond acceptors (Lipinski definition) is 2. The second-order valence-electron chi connectivity index (χ2n) is 9.94. The Morgan fingerprint density at radius 1 is 0.964 bits per heavy atom. The van der Waals surface area contributed by atoms with Crippen LogP contribution in [0.5, 0.6) is 0 Å². The highest BCUT2D eigenvalue weighted by Gasteiger charge is 2.27. The van der Waals surface area contributed by atoms with Crippen LogP contribution in [0.25, 0.3) is 10.9 Å². The van der Waals surface area contributed by atoms with Crippen LogP contribution in [0.1, 0.15) is 96.7 Å². The summed E-state index contributed by atoms with van der Waals surface area (Å²) in [5, 5.41) is 1.26. The standard InChI is InChI=1S/C25H38NOSi/c1-19-21(18-20-14-11-12-16-23(20)26-19)22(24(2,3)4)15-10-8-7-9-13-17-25(5,6)27-28/h11-12,14,16,18,22H,7-10,13,15,17H2,1-6H3. The van der Waals surface area contributed by atoms with Crippen molar-refractivity contribution in [2.45, 2.75) is 98.0 Å². The summed E-state index contributed by atoms with van der Waals surface area (Å²) < 4.78 is 5.32. The summed E-state index contributed by atoms with van der Waals surface area (Å²) in [6.07, 6.45) is 8.75. The molecule has 1 aromatic heterocycles. The maximum atomic E-state index is 5.32. The molecule has 28 heavy (non-hydrogen) atoms. The zero-order valence-corrected chi connectivity index (χ0v) is 19.8. The van der Waals surface area contributed by atoms with E-state index in [2.05, 4.69) is 82.4 Å². The van der Waals surface area contributed by atoms with E-state index in [9.17, 15) is 0 Å². The molecule has 1 atom stereocenters. The van der Waals surface area contributed by atoms with Crippen molar-refractivity contribution in [2.75, 3.05) is 0 Å². The summed E-state index contributed by atoms with van der Waals surface area (Å²) >= 11 is 0. The molecule has 2 aromatic rings. The molecule has 0 amide bonds. The molecular formula is C25H38NOSi. The molecule has 0 aliphatic heterocycles. The van der Waals surface area contributed by atoms with Crippen LogP contribution < -0.4 is 0 Å². The molecule has 1 aromatic carbocycles. The molecule has 0 spiro atoms. The molecule has 0 saturated heterocycles. The molecule has 3 heteroatoms. The lowest BCUT2D eigenvalue weighted by Crippen LogP contribution is -2.22. The van der Waals surface area contributed by atoms with Gasteiger partial charge >= 0.3 is 0 Å². The van der Waals surface area contributed by atoms with Crippen molar-refractivity contribution < 1.29 is 4.43 Å². The SMILES string of the molecule is Cc1nc2ccccc2cc1C(CCCCCCCC(C)(C)O[Si])C(C)(C)C. The number of hydrogen-bond donors (Lipinski definition) is 0. The van der Waals surface area contributed by atoms with Gasteiger partial charge in [0, 0.05) is 16.7 Å². The van der Waals surface area contributed by atoms with Gasteiger partial charge in [0.25, 0.3) is 0 Å². The van der Waals surface area contributed by atoms with E-state index in [1.807, 2.05) is 0 Å². The molecule has 2 nitrogen and oxygen atoms in total. The Labute approximate surface area is 176 Å². The minimum atomic E-state index is -0.0607. The van der Waals surface area contributed by atoms with Crippen LogP contribution >= 0.6 is 0 Å². The topological polar surface area (TPSA) is 22.1 Å². The third-order valence-corrected chi connectivity index (χ3v) is 6.48. The second kappa shape index (κ2) is 10.0. The maximum absolute atomic E-state index is 5.32. The minimum absolute atomic E-state index is 0.0607. The normalized spacial score (nSPS) is 13.8. The van der Waals surface area contributed by atoms with Crippen LogP contribution in [0.3, 0.4) is 0 Å². The maximum Gasteiger partial charge on any atom is 0.246 e. The Morgan fingerprint density at radius 3 is 2.29 bits per heavy atom. The minimum Gasteiger partial charge on any atom is -0.414 e. The highest BCUT2D eigenvalue weighted by atomic mass is 28.2. The number of fused-ring (bicyclic) bond motifs is 1. The first-order chi connectivity index (χ1) is 13.1. The van der Waals surface area contributed by atoms with Crippen LogP contribution in [-0.4, -0.2) is 21.1 Å². The molecule has 0 saturated carbocycles. The van der Waals surface area contributed by atoms with Crippen LogP contribution in [0.4, 0.5) is 0 Å². The van der Waals surface area contributed by atoms with E-state index < -0.39 is 0 Å². The van der Waals surface area contributed by atoms with E-state index in [1.54, 1.807) is 0 Å². The fraction of sp³-hybridized carbons (Fsp3) is 0.640. The molecular weight excluding hydrogens is 358 g/mol. The quantitative estimate of drug-likeness (QED) is 0.311. The average Bonchev–Trinajstić information content (AvgIpc) is 2.63. The first kappa shape index (κ1) is 23.1. The van der Waals surface area contributed by atoms with Gasteiger partial charge in [-0.3, -0.25) is 4.98 Å². The Hall–Kier alpha value is -1.19. The Morgan fingerprint density at radius 2 is 1.61 bits per heavy atom. The fourth-order valence-electron chi connectivity index (χ4n) is 4.12. The van der Waals surface area contributed by atoms with E-state index in [-0.39, 0.29) is 11.0 Å². The monoisotopic (exact) mass is 396 g/mol. The van der Waals surface area contributed by atoms with Gasteiger partial charge in [-0.1, -0.05) is 71.1 Å². The van der Waals surface area contributed by atoms with E-state index >= 15 is 0 Å². The lowest BCUT2D eigenvalue weighted by atomic mass is 9.73. The molecule has 1 unspecified atom stereocenters. The molecule has 0 aliphatic rings. The van der Waals surface area contributed by atoms with Crippen molar-refractivity contribution in [3.63, 3.8) is 0 Å². The van der Waals surface area contributed by atoms with Gasteiger partial charge in [0.2, 0.25) is 10.5 Å². The predicted octanol–water partition coefficient (Wildman–Crippen LogP) is 7.28. The molecule has 1 heterocycles. The summed E-state index contributed by atoms with van der Waals surface area (Å²) in [5.41, 5.74) is 3.91. The zero-order valence-electron chi connectivity index (χ0n) is 18.8. The van der Waals surface area contributed by atoms with Gasteiger partial charge in [0.1, 0.15) is 0 Å². The van der Waals surface area contributed by atoms with Gasteiger partial charge in [0.15, 0.2) is 0 Å². The number of nitrogens with zero attached hydrogens (tertiary/aromatic N) is 1. The second-order valence-corrected chi connectivity index (χ2v) is 10.1. The van der Waals surface area contributed by atoms with E-state index in [1.165, 1.54) is 55.2 Å². The van der Waals surface area contributed by atoms with Gasteiger partial charge in [-0.25, -0.2) is 0 Å². The van der Waals surface area contributed by atoms with Gasteiger partial charge in [-0.2, -0.15) is 0 Å². The highest BCUT2D eigenvalue weighted by molar-refractivity contribution is 5.98. The zero-order chi connectivity index (χ0) is 20.8. The van der Waals surface area contributed by atoms with Crippen molar-refractivity contribution in [1.82, 2.24) is 4.98 Å². The van der Waals surface area contributed by atoms with Crippen molar-refractivity contribution >= 4 is 21.4 Å². The number of pyridine rings is 1. The lowest BCUT2D eigenvalue weighted by Gasteiger charge is -2.32. The van der Waals surface area contributed by atoms with Crippen LogP contribution in [0.2, 0.25) is 0 Å². The third-order valence-electron chi connectivity index (χ3n) is 5.92. The first-order valence-corrected chi connectivity index (χ1v) is 11.3. The molecule has 3 radical (unpaired) electrons. The molecule has 153 valence electrons. The predicted molar refractivity (Wildman–Crippen MR) is 122 cm³/mol. The van der Waals surface area contributed by atoms with E-state index in [0.717, 1.165) is 11.9 Å². The van der Waals surface area contributed by atoms with Crippen molar-refractivity contribution in [3.8, 4) is 0 Å². The van der Waals surface area contributed by atoms with Crippen molar-refractivity contribution in [3.05, 3.63) is 41.6 Å². The largest absolute Gasteiger partial charge is 0.414 e. The van der Waals surface area contributed by atoms with Gasteiger partial charge in [-0.15, -0.1) is 0 Å².